The van der Waals surface area contributed by atoms with Crippen LogP contribution in [0.3, 0.4) is 0 Å². The number of piperidine rings is 1. The van der Waals surface area contributed by atoms with E-state index in [9.17, 15) is 9.28 Å². The zero-order valence-electron chi connectivity index (χ0n) is 15.5. The van der Waals surface area contributed by atoms with Crippen molar-refractivity contribution >= 4 is 14.1 Å². The topological polar surface area (TPSA) is 96.3 Å². The van der Waals surface area contributed by atoms with Gasteiger partial charge >= 0.3 is 0 Å². The molecule has 3 unspecified atom stereocenters. The Morgan fingerprint density at radius 3 is 2.81 bits per heavy atom. The van der Waals surface area contributed by atoms with Crippen molar-refractivity contribution in [3.05, 3.63) is 64.5 Å². The number of aryl methyl sites for hydroxylation is 1. The molecule has 1 saturated heterocycles. The summed E-state index contributed by atoms with van der Waals surface area (Å²) < 4.78 is 13.5. The van der Waals surface area contributed by atoms with E-state index in [1.165, 1.54) is 11.6 Å². The Labute approximate surface area is 161 Å². The van der Waals surface area contributed by atoms with Gasteiger partial charge < -0.3 is 27.0 Å². The highest BCUT2D eigenvalue weighted by Gasteiger charge is 2.27. The maximum atomic E-state index is 13.5. The second-order valence-corrected chi connectivity index (χ2v) is 7.90. The molecule has 0 bridgehead atoms. The second-order valence-electron chi connectivity index (χ2n) is 7.14. The summed E-state index contributed by atoms with van der Waals surface area (Å²) >= 11 is 0. The molecule has 3 atom stereocenters. The first kappa shape index (κ1) is 20.3. The molecule has 1 aliphatic rings. The molecular formula is C20H28FN4OP. The molecule has 0 amide bonds. The molecule has 0 aromatic heterocycles. The summed E-state index contributed by atoms with van der Waals surface area (Å²) in [5.41, 5.74) is 15.5. The Kier molecular flexibility index (Phi) is 6.93. The van der Waals surface area contributed by atoms with Crippen LogP contribution in [0.4, 0.5) is 4.39 Å². The lowest BCUT2D eigenvalue weighted by molar-refractivity contribution is 0.340. The fourth-order valence-corrected chi connectivity index (χ4v) is 4.33. The Morgan fingerprint density at radius 2 is 2.11 bits per heavy atom. The van der Waals surface area contributed by atoms with Gasteiger partial charge in [-0.05, 0) is 60.3 Å². The van der Waals surface area contributed by atoms with Crippen molar-refractivity contribution in [3.8, 4) is 0 Å². The average molecular weight is 390 g/mol. The SMILES string of the molecule is Cc1cc(F)ccc1C1CNCCC1NCc1ccc(C(N)N)cc1PO. The highest BCUT2D eigenvalue weighted by molar-refractivity contribution is 7.41. The maximum Gasteiger partial charge on any atom is 0.123 e. The molecule has 7 heteroatoms. The number of nitrogens with one attached hydrogen (secondary N) is 2. The van der Waals surface area contributed by atoms with Gasteiger partial charge in [0.1, 0.15) is 5.82 Å². The van der Waals surface area contributed by atoms with Gasteiger partial charge in [0, 0.05) is 39.2 Å². The maximum absolute atomic E-state index is 13.5. The van der Waals surface area contributed by atoms with Crippen LogP contribution >= 0.6 is 8.81 Å². The minimum absolute atomic E-state index is 0.198. The standard InChI is InChI=1S/C20H28FN4OP/c1-12-8-15(21)4-5-16(12)17-11-24-7-6-18(17)25-10-14-3-2-13(20(22)23)9-19(14)27-26/h2-5,8-9,17-18,20,24-27H,6-7,10-11,22-23H2,1H3. The lowest BCUT2D eigenvalue weighted by atomic mass is 9.84. The molecule has 2 aromatic rings. The van der Waals surface area contributed by atoms with Crippen LogP contribution in [-0.2, 0) is 6.54 Å². The van der Waals surface area contributed by atoms with Gasteiger partial charge in [-0.25, -0.2) is 4.39 Å². The first-order chi connectivity index (χ1) is 13.0. The molecule has 0 radical (unpaired) electrons. The van der Waals surface area contributed by atoms with Crippen molar-refractivity contribution in [2.75, 3.05) is 13.1 Å². The van der Waals surface area contributed by atoms with Crippen LogP contribution in [-0.4, -0.2) is 24.0 Å². The van der Waals surface area contributed by atoms with E-state index in [4.69, 9.17) is 11.5 Å². The summed E-state index contributed by atoms with van der Waals surface area (Å²) in [6, 6.07) is 11.1. The third-order valence-corrected chi connectivity index (χ3v) is 6.01. The molecule has 1 heterocycles. The van der Waals surface area contributed by atoms with E-state index in [1.807, 2.05) is 31.2 Å². The summed E-state index contributed by atoms with van der Waals surface area (Å²) in [5, 5.41) is 7.96. The number of halogens is 1. The van der Waals surface area contributed by atoms with Gasteiger partial charge in [0.05, 0.1) is 6.17 Å². The Bertz CT molecular complexity index is 787. The minimum Gasteiger partial charge on any atom is -0.372 e. The Balaban J connectivity index is 1.75. The van der Waals surface area contributed by atoms with Crippen LogP contribution in [0.15, 0.2) is 36.4 Å². The van der Waals surface area contributed by atoms with E-state index in [2.05, 4.69) is 10.6 Å². The van der Waals surface area contributed by atoms with Crippen LogP contribution in [0.25, 0.3) is 0 Å². The van der Waals surface area contributed by atoms with E-state index < -0.39 is 6.17 Å². The third kappa shape index (κ3) is 4.91. The van der Waals surface area contributed by atoms with Crippen molar-refractivity contribution in [2.45, 2.75) is 38.0 Å². The van der Waals surface area contributed by atoms with E-state index >= 15 is 0 Å². The molecule has 3 rings (SSSR count). The first-order valence-electron chi connectivity index (χ1n) is 9.24. The zero-order valence-corrected chi connectivity index (χ0v) is 16.5. The second kappa shape index (κ2) is 9.20. The molecule has 0 aliphatic carbocycles. The van der Waals surface area contributed by atoms with Gasteiger partial charge in [-0.2, -0.15) is 0 Å². The van der Waals surface area contributed by atoms with E-state index in [1.54, 1.807) is 6.07 Å². The lowest BCUT2D eigenvalue weighted by Crippen LogP contribution is -2.46. The molecular weight excluding hydrogens is 362 g/mol. The summed E-state index contributed by atoms with van der Waals surface area (Å²) in [5.74, 6) is 0.0763. The minimum atomic E-state index is -0.544. The van der Waals surface area contributed by atoms with Crippen molar-refractivity contribution < 1.29 is 9.28 Å². The predicted octanol–water partition coefficient (Wildman–Crippen LogP) is 1.50. The zero-order chi connectivity index (χ0) is 19.4. The average Bonchev–Trinajstić information content (AvgIpc) is 2.66. The summed E-state index contributed by atoms with van der Waals surface area (Å²) in [4.78, 5) is 9.73. The molecule has 27 heavy (non-hydrogen) atoms. The Hall–Kier alpha value is -1.40. The van der Waals surface area contributed by atoms with Crippen molar-refractivity contribution in [3.63, 3.8) is 0 Å². The molecule has 2 aromatic carbocycles. The predicted molar refractivity (Wildman–Crippen MR) is 110 cm³/mol. The van der Waals surface area contributed by atoms with Crippen LogP contribution < -0.4 is 27.4 Å². The largest absolute Gasteiger partial charge is 0.372 e. The van der Waals surface area contributed by atoms with Gasteiger partial charge in [-0.15, -0.1) is 0 Å². The van der Waals surface area contributed by atoms with E-state index in [0.29, 0.717) is 6.54 Å². The molecule has 0 saturated carbocycles. The number of hydrogen-bond acceptors (Lipinski definition) is 5. The number of benzene rings is 2. The smallest absolute Gasteiger partial charge is 0.123 e. The van der Waals surface area contributed by atoms with E-state index in [0.717, 1.165) is 41.5 Å². The first-order valence-corrected chi connectivity index (χ1v) is 10.2. The summed E-state index contributed by atoms with van der Waals surface area (Å²) in [6.07, 6.45) is 0.446. The quantitative estimate of drug-likeness (QED) is 0.381. The highest BCUT2D eigenvalue weighted by Crippen LogP contribution is 2.27. The number of rotatable bonds is 6. The van der Waals surface area contributed by atoms with Crippen molar-refractivity contribution in [1.82, 2.24) is 10.6 Å². The number of hydrogen-bond donors (Lipinski definition) is 5. The Morgan fingerprint density at radius 1 is 1.30 bits per heavy atom. The van der Waals surface area contributed by atoms with Gasteiger partial charge in [0.25, 0.3) is 0 Å². The molecule has 1 fully saturated rings. The fraction of sp³-hybridized carbons (Fsp3) is 0.400. The highest BCUT2D eigenvalue weighted by atomic mass is 31.1. The van der Waals surface area contributed by atoms with Gasteiger partial charge in [-0.3, -0.25) is 0 Å². The molecule has 5 nitrogen and oxygen atoms in total. The normalized spacial score (nSPS) is 20.7. The van der Waals surface area contributed by atoms with Crippen molar-refractivity contribution in [1.29, 1.82) is 0 Å². The lowest BCUT2D eigenvalue weighted by Gasteiger charge is -2.34. The van der Waals surface area contributed by atoms with Crippen LogP contribution in [0.1, 0.15) is 40.8 Å². The summed E-state index contributed by atoms with van der Waals surface area (Å²) in [6.45, 7) is 4.43. The third-order valence-electron chi connectivity index (χ3n) is 5.31. The van der Waals surface area contributed by atoms with E-state index in [-0.39, 0.29) is 26.6 Å². The number of nitrogens with two attached hydrogens (primary N) is 2. The van der Waals surface area contributed by atoms with Crippen LogP contribution in [0.5, 0.6) is 0 Å². The van der Waals surface area contributed by atoms with Gasteiger partial charge in [0.2, 0.25) is 0 Å². The van der Waals surface area contributed by atoms with Crippen molar-refractivity contribution in [2.24, 2.45) is 11.5 Å². The molecule has 7 N–H and O–H groups in total. The molecule has 1 aliphatic heterocycles. The fourth-order valence-electron chi connectivity index (χ4n) is 3.79. The molecule has 0 spiro atoms. The molecule has 146 valence electrons. The summed E-state index contributed by atoms with van der Waals surface area (Å²) in [7, 11) is -0.305. The monoisotopic (exact) mass is 390 g/mol. The van der Waals surface area contributed by atoms with Gasteiger partial charge in [0.15, 0.2) is 0 Å². The van der Waals surface area contributed by atoms with Crippen LogP contribution in [0.2, 0.25) is 0 Å². The van der Waals surface area contributed by atoms with Crippen LogP contribution in [0, 0.1) is 12.7 Å². The van der Waals surface area contributed by atoms with Gasteiger partial charge in [-0.1, -0.05) is 18.2 Å².